The van der Waals surface area contributed by atoms with E-state index < -0.39 is 11.7 Å². The number of thiazole rings is 1. The molecule has 0 bridgehead atoms. The molecule has 0 amide bonds. The molecule has 2 N–H and O–H groups in total. The minimum absolute atomic E-state index is 0.0280. The van der Waals surface area contributed by atoms with E-state index >= 15 is 0 Å². The molecule has 0 saturated heterocycles. The SMILES string of the molecule is CC(C)c1oc(-c2ccc(C(F)(F)F)cc2)nc1CO[C@H]1CCC[C@@H](CCc2sc(=O)[nH]c2O)C1. The number of aromatic nitrogens is 2. The highest BCUT2D eigenvalue weighted by Gasteiger charge is 2.30. The van der Waals surface area contributed by atoms with Gasteiger partial charge in [-0.3, -0.25) is 9.78 Å². The van der Waals surface area contributed by atoms with Gasteiger partial charge in [-0.1, -0.05) is 38.0 Å². The zero-order chi connectivity index (χ0) is 25.2. The van der Waals surface area contributed by atoms with Gasteiger partial charge >= 0.3 is 11.0 Å². The molecule has 35 heavy (non-hydrogen) atoms. The summed E-state index contributed by atoms with van der Waals surface area (Å²) in [7, 11) is 0. The molecule has 0 radical (unpaired) electrons. The molecule has 6 nitrogen and oxygen atoms in total. The Morgan fingerprint density at radius 2 is 2.00 bits per heavy atom. The van der Waals surface area contributed by atoms with E-state index in [9.17, 15) is 23.1 Å². The number of nitrogens with one attached hydrogen (secondary N) is 1. The molecule has 190 valence electrons. The van der Waals surface area contributed by atoms with Crippen molar-refractivity contribution in [1.29, 1.82) is 0 Å². The molecule has 3 aromatic rings. The third-order valence-corrected chi connectivity index (χ3v) is 7.31. The molecule has 1 aliphatic carbocycles. The molecule has 4 rings (SSSR count). The fourth-order valence-electron chi connectivity index (χ4n) is 4.55. The van der Waals surface area contributed by atoms with Crippen molar-refractivity contribution < 1.29 is 27.4 Å². The van der Waals surface area contributed by atoms with Crippen LogP contribution in [-0.2, 0) is 23.9 Å². The van der Waals surface area contributed by atoms with E-state index in [0.717, 1.165) is 55.6 Å². The van der Waals surface area contributed by atoms with Crippen LogP contribution >= 0.6 is 11.3 Å². The van der Waals surface area contributed by atoms with Crippen LogP contribution in [0.15, 0.2) is 33.5 Å². The lowest BCUT2D eigenvalue weighted by atomic mass is 9.84. The predicted octanol–water partition coefficient (Wildman–Crippen LogP) is 6.65. The van der Waals surface area contributed by atoms with Gasteiger partial charge in [-0.15, -0.1) is 0 Å². The van der Waals surface area contributed by atoms with Crippen LogP contribution < -0.4 is 4.87 Å². The Hall–Kier alpha value is -2.59. The normalized spacial score (nSPS) is 18.9. The lowest BCUT2D eigenvalue weighted by Gasteiger charge is -2.29. The van der Waals surface area contributed by atoms with Gasteiger partial charge in [0.25, 0.3) is 0 Å². The first-order chi connectivity index (χ1) is 16.6. The minimum atomic E-state index is -4.39. The summed E-state index contributed by atoms with van der Waals surface area (Å²) in [6, 6.07) is 4.79. The number of nitrogens with zero attached hydrogens (tertiary/aromatic N) is 1. The zero-order valence-electron chi connectivity index (χ0n) is 19.7. The van der Waals surface area contributed by atoms with E-state index in [0.29, 0.717) is 34.2 Å². The van der Waals surface area contributed by atoms with Crippen molar-refractivity contribution in [2.75, 3.05) is 0 Å². The molecular weight excluding hydrogens is 481 g/mol. The maximum Gasteiger partial charge on any atom is 0.416 e. The molecule has 10 heteroatoms. The number of halogens is 3. The Morgan fingerprint density at radius 1 is 1.26 bits per heavy atom. The molecule has 1 saturated carbocycles. The largest absolute Gasteiger partial charge is 0.494 e. The Balaban J connectivity index is 1.38. The Morgan fingerprint density at radius 3 is 2.63 bits per heavy atom. The van der Waals surface area contributed by atoms with Crippen LogP contribution in [-0.4, -0.2) is 21.2 Å². The number of ether oxygens (including phenoxy) is 1. The number of benzene rings is 1. The minimum Gasteiger partial charge on any atom is -0.494 e. The number of hydrogen-bond acceptors (Lipinski definition) is 6. The molecule has 2 aromatic heterocycles. The monoisotopic (exact) mass is 510 g/mol. The number of aromatic amines is 1. The van der Waals surface area contributed by atoms with Crippen molar-refractivity contribution in [3.05, 3.63) is 55.8 Å². The van der Waals surface area contributed by atoms with Gasteiger partial charge in [-0.25, -0.2) is 4.98 Å². The molecule has 2 heterocycles. The third-order valence-electron chi connectivity index (χ3n) is 6.38. The van der Waals surface area contributed by atoms with Gasteiger partial charge < -0.3 is 14.3 Å². The first kappa shape index (κ1) is 25.5. The van der Waals surface area contributed by atoms with E-state index in [4.69, 9.17) is 9.15 Å². The molecule has 2 atom stereocenters. The fourth-order valence-corrected chi connectivity index (χ4v) is 5.29. The summed E-state index contributed by atoms with van der Waals surface area (Å²) in [5.74, 6) is 1.41. The first-order valence-corrected chi connectivity index (χ1v) is 12.6. The van der Waals surface area contributed by atoms with Crippen molar-refractivity contribution in [2.24, 2.45) is 5.92 Å². The molecular formula is C25H29F3N2O4S. The zero-order valence-corrected chi connectivity index (χ0v) is 20.5. The molecule has 0 aliphatic heterocycles. The van der Waals surface area contributed by atoms with E-state index in [1.54, 1.807) is 0 Å². The van der Waals surface area contributed by atoms with Gasteiger partial charge in [0.1, 0.15) is 11.5 Å². The summed E-state index contributed by atoms with van der Waals surface area (Å²) in [6.07, 6.45) is 1.16. The number of rotatable bonds is 8. The molecule has 0 unspecified atom stereocenters. The van der Waals surface area contributed by atoms with Gasteiger partial charge in [-0.2, -0.15) is 13.2 Å². The summed E-state index contributed by atoms with van der Waals surface area (Å²) in [6.45, 7) is 4.22. The fraction of sp³-hybridized carbons (Fsp3) is 0.520. The van der Waals surface area contributed by atoms with E-state index in [2.05, 4.69) is 9.97 Å². The Labute approximate surface area is 205 Å². The van der Waals surface area contributed by atoms with E-state index in [1.165, 1.54) is 12.1 Å². The highest BCUT2D eigenvalue weighted by molar-refractivity contribution is 7.09. The Kier molecular flexibility index (Phi) is 7.70. The first-order valence-electron chi connectivity index (χ1n) is 11.8. The van der Waals surface area contributed by atoms with Crippen LogP contribution in [0.5, 0.6) is 5.88 Å². The average molecular weight is 511 g/mol. The van der Waals surface area contributed by atoms with Crippen molar-refractivity contribution in [3.8, 4) is 17.3 Å². The Bertz CT molecular complexity index is 1180. The van der Waals surface area contributed by atoms with Crippen LogP contribution in [0, 0.1) is 5.92 Å². The lowest BCUT2D eigenvalue weighted by Crippen LogP contribution is -2.23. The topological polar surface area (TPSA) is 88.4 Å². The van der Waals surface area contributed by atoms with Gasteiger partial charge in [0.05, 0.1) is 23.2 Å². The number of hydrogen-bond donors (Lipinski definition) is 2. The average Bonchev–Trinajstić information content (AvgIpc) is 3.38. The smallest absolute Gasteiger partial charge is 0.416 e. The molecule has 1 aliphatic rings. The van der Waals surface area contributed by atoms with Gasteiger partial charge in [0.2, 0.25) is 11.8 Å². The number of alkyl halides is 3. The third kappa shape index (κ3) is 6.35. The van der Waals surface area contributed by atoms with E-state index in [-0.39, 0.29) is 35.3 Å². The van der Waals surface area contributed by atoms with Crippen molar-refractivity contribution >= 4 is 11.3 Å². The molecule has 1 fully saturated rings. The molecule has 0 spiro atoms. The number of aryl methyl sites for hydroxylation is 1. The maximum atomic E-state index is 12.9. The van der Waals surface area contributed by atoms with Crippen molar-refractivity contribution in [2.45, 2.75) is 77.2 Å². The lowest BCUT2D eigenvalue weighted by molar-refractivity contribution is -0.137. The summed E-state index contributed by atoms with van der Waals surface area (Å²) >= 11 is 1.05. The summed E-state index contributed by atoms with van der Waals surface area (Å²) in [5, 5.41) is 9.79. The van der Waals surface area contributed by atoms with Crippen molar-refractivity contribution in [3.63, 3.8) is 0 Å². The highest BCUT2D eigenvalue weighted by Crippen LogP contribution is 2.34. The maximum absolute atomic E-state index is 12.9. The van der Waals surface area contributed by atoms with Gasteiger partial charge in [0.15, 0.2) is 0 Å². The van der Waals surface area contributed by atoms with Gasteiger partial charge in [0, 0.05) is 11.5 Å². The molecule has 1 aromatic carbocycles. The number of H-pyrrole nitrogens is 1. The second-order valence-electron chi connectivity index (χ2n) is 9.35. The van der Waals surface area contributed by atoms with Crippen LogP contribution in [0.4, 0.5) is 13.2 Å². The standard InChI is InChI=1S/C25H29F3N2O4S/c1-14(2)21-19(29-23(34-21)16-7-9-17(10-8-16)25(26,27)28)13-33-18-5-3-4-15(12-18)6-11-20-22(31)30-24(32)35-20/h7-10,14-15,18,31H,3-6,11-13H2,1-2H3,(H,30,32)/t15-,18-/m0/s1. The second-order valence-corrected chi connectivity index (χ2v) is 10.4. The summed E-state index contributed by atoms with van der Waals surface area (Å²) < 4.78 is 50.8. The van der Waals surface area contributed by atoms with Crippen molar-refractivity contribution in [1.82, 2.24) is 9.97 Å². The van der Waals surface area contributed by atoms with E-state index in [1.807, 2.05) is 13.8 Å². The van der Waals surface area contributed by atoms with Crippen LogP contribution in [0.3, 0.4) is 0 Å². The second kappa shape index (κ2) is 10.6. The summed E-state index contributed by atoms with van der Waals surface area (Å²) in [5.41, 5.74) is 0.437. The number of oxazole rings is 1. The van der Waals surface area contributed by atoms with Crippen LogP contribution in [0.25, 0.3) is 11.5 Å². The quantitative estimate of drug-likeness (QED) is 0.354. The van der Waals surface area contributed by atoms with Crippen LogP contribution in [0.1, 0.15) is 73.8 Å². The van der Waals surface area contributed by atoms with Crippen LogP contribution in [0.2, 0.25) is 0 Å². The highest BCUT2D eigenvalue weighted by atomic mass is 32.1. The van der Waals surface area contributed by atoms with Gasteiger partial charge in [-0.05, 0) is 55.9 Å². The predicted molar refractivity (Wildman–Crippen MR) is 126 cm³/mol. The number of aromatic hydroxyl groups is 1. The summed E-state index contributed by atoms with van der Waals surface area (Å²) in [4.78, 5) is 18.8.